The minimum absolute atomic E-state index is 0.0135. The standard InChI is InChI=1S/C16H19F6N3S/c1-2-25-5-3-4-13(25)9-23-14(26)24-12-7-10(15(17,18)19)6-11(8-12)16(20,21)22/h6-8,13H,2-5,9H2,1H3,(H2,23,24,26)/t13-/m0/s1. The molecule has 1 aromatic rings. The molecule has 1 heterocycles. The van der Waals surface area contributed by atoms with Gasteiger partial charge in [-0.1, -0.05) is 6.92 Å². The molecule has 0 saturated carbocycles. The number of hydrogen-bond acceptors (Lipinski definition) is 2. The molecule has 2 N–H and O–H groups in total. The van der Waals surface area contributed by atoms with Gasteiger partial charge in [0, 0.05) is 18.3 Å². The predicted octanol–water partition coefficient (Wildman–Crippen LogP) is 4.49. The van der Waals surface area contributed by atoms with Gasteiger partial charge in [-0.05, 0) is 56.3 Å². The number of thiocarbonyl (C=S) groups is 1. The van der Waals surface area contributed by atoms with Crippen LogP contribution in [0.25, 0.3) is 0 Å². The SMILES string of the molecule is CCN1CCC[C@H]1CNC(=S)Nc1cc(C(F)(F)F)cc(C(F)(F)F)c1. The van der Waals surface area contributed by atoms with Gasteiger partial charge in [-0.15, -0.1) is 0 Å². The monoisotopic (exact) mass is 399 g/mol. The van der Waals surface area contributed by atoms with Crippen LogP contribution in [0.2, 0.25) is 0 Å². The lowest BCUT2D eigenvalue weighted by molar-refractivity contribution is -0.143. The lowest BCUT2D eigenvalue weighted by Crippen LogP contribution is -2.41. The number of anilines is 1. The Hall–Kier alpha value is -1.55. The number of hydrogen-bond donors (Lipinski definition) is 2. The summed E-state index contributed by atoms with van der Waals surface area (Å²) in [6.07, 6.45) is -7.77. The second kappa shape index (κ2) is 7.99. The third-order valence-electron chi connectivity index (χ3n) is 4.25. The first-order chi connectivity index (χ1) is 12.0. The first-order valence-corrected chi connectivity index (χ1v) is 8.50. The largest absolute Gasteiger partial charge is 0.416 e. The van der Waals surface area contributed by atoms with Crippen LogP contribution < -0.4 is 10.6 Å². The molecule has 1 saturated heterocycles. The molecule has 0 radical (unpaired) electrons. The van der Waals surface area contributed by atoms with Crippen molar-refractivity contribution < 1.29 is 26.3 Å². The zero-order valence-corrected chi connectivity index (χ0v) is 14.8. The molecule has 0 aliphatic carbocycles. The zero-order valence-electron chi connectivity index (χ0n) is 14.0. The molecule has 1 aliphatic rings. The van der Waals surface area contributed by atoms with E-state index in [1.54, 1.807) is 0 Å². The maximum Gasteiger partial charge on any atom is 0.416 e. The van der Waals surface area contributed by atoms with Crippen LogP contribution in [0.15, 0.2) is 18.2 Å². The van der Waals surface area contributed by atoms with Crippen LogP contribution in [0.1, 0.15) is 30.9 Å². The van der Waals surface area contributed by atoms with E-state index in [1.165, 1.54) is 0 Å². The van der Waals surface area contributed by atoms with Crippen LogP contribution >= 0.6 is 12.2 Å². The maximum atomic E-state index is 12.9. The van der Waals surface area contributed by atoms with Gasteiger partial charge in [-0.2, -0.15) is 26.3 Å². The van der Waals surface area contributed by atoms with Crippen molar-refractivity contribution in [3.8, 4) is 0 Å². The van der Waals surface area contributed by atoms with E-state index in [4.69, 9.17) is 12.2 Å². The fourth-order valence-corrected chi connectivity index (χ4v) is 3.16. The summed E-state index contributed by atoms with van der Waals surface area (Å²) in [7, 11) is 0. The number of rotatable bonds is 4. The first-order valence-electron chi connectivity index (χ1n) is 8.09. The average molecular weight is 399 g/mol. The molecule has 0 bridgehead atoms. The average Bonchev–Trinajstić information content (AvgIpc) is 2.98. The Labute approximate surface area is 152 Å². The molecule has 3 nitrogen and oxygen atoms in total. The summed E-state index contributed by atoms with van der Waals surface area (Å²) in [5, 5.41) is 5.28. The molecule has 1 fully saturated rings. The van der Waals surface area contributed by atoms with Crippen molar-refractivity contribution in [2.45, 2.75) is 38.2 Å². The Morgan fingerprint density at radius 3 is 2.19 bits per heavy atom. The van der Waals surface area contributed by atoms with E-state index in [9.17, 15) is 26.3 Å². The molecular weight excluding hydrogens is 380 g/mol. The zero-order chi connectivity index (χ0) is 19.5. The molecule has 26 heavy (non-hydrogen) atoms. The molecule has 146 valence electrons. The Morgan fingerprint density at radius 1 is 1.12 bits per heavy atom. The maximum absolute atomic E-state index is 12.9. The molecular formula is C16H19F6N3S. The van der Waals surface area contributed by atoms with E-state index in [2.05, 4.69) is 15.5 Å². The highest BCUT2D eigenvalue weighted by Crippen LogP contribution is 2.37. The molecule has 0 amide bonds. The first kappa shape index (κ1) is 20.8. The number of nitrogens with zero attached hydrogens (tertiary/aromatic N) is 1. The van der Waals surface area contributed by atoms with Gasteiger partial charge in [-0.3, -0.25) is 4.90 Å². The van der Waals surface area contributed by atoms with E-state index in [-0.39, 0.29) is 22.9 Å². The highest BCUT2D eigenvalue weighted by molar-refractivity contribution is 7.80. The Balaban J connectivity index is 2.08. The normalized spacial score (nSPS) is 18.8. The van der Waals surface area contributed by atoms with Crippen molar-refractivity contribution in [1.29, 1.82) is 0 Å². The Morgan fingerprint density at radius 2 is 1.69 bits per heavy atom. The smallest absolute Gasteiger partial charge is 0.361 e. The summed E-state index contributed by atoms with van der Waals surface area (Å²) in [4.78, 5) is 2.24. The minimum Gasteiger partial charge on any atom is -0.361 e. The van der Waals surface area contributed by atoms with Crippen molar-refractivity contribution in [3.63, 3.8) is 0 Å². The van der Waals surface area contributed by atoms with E-state index in [0.717, 1.165) is 25.9 Å². The van der Waals surface area contributed by atoms with E-state index in [0.29, 0.717) is 18.7 Å². The quantitative estimate of drug-likeness (QED) is 0.576. The Bertz CT molecular complexity index is 612. The fraction of sp³-hybridized carbons (Fsp3) is 0.562. The van der Waals surface area contributed by atoms with Crippen molar-refractivity contribution in [2.75, 3.05) is 25.0 Å². The lowest BCUT2D eigenvalue weighted by atomic mass is 10.1. The third-order valence-corrected chi connectivity index (χ3v) is 4.50. The van der Waals surface area contributed by atoms with Gasteiger partial charge in [0.2, 0.25) is 0 Å². The van der Waals surface area contributed by atoms with Crippen molar-refractivity contribution in [3.05, 3.63) is 29.3 Å². The molecule has 10 heteroatoms. The molecule has 2 rings (SSSR count). The van der Waals surface area contributed by atoms with Gasteiger partial charge in [0.1, 0.15) is 0 Å². The van der Waals surface area contributed by atoms with Crippen LogP contribution in [0, 0.1) is 0 Å². The Kier molecular flexibility index (Phi) is 6.38. The highest BCUT2D eigenvalue weighted by atomic mass is 32.1. The molecule has 0 unspecified atom stereocenters. The second-order valence-electron chi connectivity index (χ2n) is 6.05. The van der Waals surface area contributed by atoms with Gasteiger partial charge < -0.3 is 10.6 Å². The predicted molar refractivity (Wildman–Crippen MR) is 90.9 cm³/mol. The molecule has 0 spiro atoms. The van der Waals surface area contributed by atoms with Crippen molar-refractivity contribution in [2.24, 2.45) is 0 Å². The minimum atomic E-state index is -4.89. The number of likely N-dealkylation sites (tertiary alicyclic amines) is 1. The van der Waals surface area contributed by atoms with E-state index in [1.807, 2.05) is 6.92 Å². The van der Waals surface area contributed by atoms with E-state index >= 15 is 0 Å². The number of halogens is 6. The number of likely N-dealkylation sites (N-methyl/N-ethyl adjacent to an activating group) is 1. The molecule has 0 aromatic heterocycles. The van der Waals surface area contributed by atoms with E-state index < -0.39 is 23.5 Å². The summed E-state index contributed by atoms with van der Waals surface area (Å²) in [5.41, 5.74) is -3.13. The van der Waals surface area contributed by atoms with Gasteiger partial charge in [0.25, 0.3) is 0 Å². The summed E-state index contributed by atoms with van der Waals surface area (Å²) in [5.74, 6) is 0. The van der Waals surface area contributed by atoms with Crippen LogP contribution in [-0.4, -0.2) is 35.7 Å². The topological polar surface area (TPSA) is 27.3 Å². The number of alkyl halides is 6. The van der Waals surface area contributed by atoms with Crippen LogP contribution in [0.4, 0.5) is 32.0 Å². The van der Waals surface area contributed by atoms with Crippen LogP contribution in [0.5, 0.6) is 0 Å². The van der Waals surface area contributed by atoms with Crippen LogP contribution in [0.3, 0.4) is 0 Å². The number of benzene rings is 1. The van der Waals surface area contributed by atoms with Gasteiger partial charge in [-0.25, -0.2) is 0 Å². The lowest BCUT2D eigenvalue weighted by Gasteiger charge is -2.24. The summed E-state index contributed by atoms with van der Waals surface area (Å²) in [6, 6.07) is 1.54. The van der Waals surface area contributed by atoms with Gasteiger partial charge in [0.15, 0.2) is 5.11 Å². The van der Waals surface area contributed by atoms with Crippen molar-refractivity contribution >= 4 is 23.0 Å². The fourth-order valence-electron chi connectivity index (χ4n) is 2.96. The molecule has 1 aliphatic heterocycles. The van der Waals surface area contributed by atoms with Crippen molar-refractivity contribution in [1.82, 2.24) is 10.2 Å². The summed E-state index contributed by atoms with van der Waals surface area (Å²) in [6.45, 7) is 4.33. The van der Waals surface area contributed by atoms with Crippen LogP contribution in [-0.2, 0) is 12.4 Å². The summed E-state index contributed by atoms with van der Waals surface area (Å²) < 4.78 is 77.2. The molecule has 1 aromatic carbocycles. The number of nitrogens with one attached hydrogen (secondary N) is 2. The van der Waals surface area contributed by atoms with Gasteiger partial charge >= 0.3 is 12.4 Å². The third kappa shape index (κ3) is 5.47. The molecule has 1 atom stereocenters. The summed E-state index contributed by atoms with van der Waals surface area (Å²) >= 11 is 5.02. The second-order valence-corrected chi connectivity index (χ2v) is 6.46. The highest BCUT2D eigenvalue weighted by Gasteiger charge is 2.37. The van der Waals surface area contributed by atoms with Gasteiger partial charge in [0.05, 0.1) is 11.1 Å².